The van der Waals surface area contributed by atoms with Gasteiger partial charge in [0, 0.05) is 12.2 Å². The standard InChI is InChI=1S/C14H21NO2/c1-4-5-8-15(10-14(16)17)13-9-11(2)6-7-12(13)3/h6-7,9H,4-5,8,10H2,1-3H3,(H,16,17). The fourth-order valence-electron chi connectivity index (χ4n) is 1.86. The molecule has 1 N–H and O–H groups in total. The molecule has 0 saturated carbocycles. The van der Waals surface area contributed by atoms with Gasteiger partial charge in [-0.1, -0.05) is 25.5 Å². The Hall–Kier alpha value is -1.51. The van der Waals surface area contributed by atoms with Crippen LogP contribution in [0.4, 0.5) is 5.69 Å². The smallest absolute Gasteiger partial charge is 0.323 e. The molecule has 0 aliphatic rings. The summed E-state index contributed by atoms with van der Waals surface area (Å²) in [6.07, 6.45) is 2.08. The van der Waals surface area contributed by atoms with Crippen LogP contribution in [-0.4, -0.2) is 24.2 Å². The van der Waals surface area contributed by atoms with E-state index >= 15 is 0 Å². The summed E-state index contributed by atoms with van der Waals surface area (Å²) in [5.41, 5.74) is 3.34. The van der Waals surface area contributed by atoms with Crippen LogP contribution in [0.15, 0.2) is 18.2 Å². The van der Waals surface area contributed by atoms with Gasteiger partial charge in [0.2, 0.25) is 0 Å². The number of carboxylic acid groups (broad SMARTS) is 1. The molecule has 17 heavy (non-hydrogen) atoms. The summed E-state index contributed by atoms with van der Waals surface area (Å²) < 4.78 is 0. The summed E-state index contributed by atoms with van der Waals surface area (Å²) >= 11 is 0. The van der Waals surface area contributed by atoms with E-state index in [9.17, 15) is 4.79 Å². The first kappa shape index (κ1) is 13.6. The maximum Gasteiger partial charge on any atom is 0.323 e. The van der Waals surface area contributed by atoms with Gasteiger partial charge >= 0.3 is 5.97 Å². The minimum Gasteiger partial charge on any atom is -0.480 e. The zero-order valence-electron chi connectivity index (χ0n) is 10.9. The highest BCUT2D eigenvalue weighted by Crippen LogP contribution is 2.21. The Morgan fingerprint density at radius 2 is 2.06 bits per heavy atom. The van der Waals surface area contributed by atoms with Crippen molar-refractivity contribution >= 4 is 11.7 Å². The molecule has 3 heteroatoms. The Morgan fingerprint density at radius 1 is 1.35 bits per heavy atom. The van der Waals surface area contributed by atoms with Crippen LogP contribution < -0.4 is 4.90 Å². The molecule has 0 bridgehead atoms. The Labute approximate surface area is 103 Å². The molecule has 0 spiro atoms. The van der Waals surface area contributed by atoms with E-state index in [2.05, 4.69) is 19.1 Å². The van der Waals surface area contributed by atoms with E-state index in [0.29, 0.717) is 0 Å². The van der Waals surface area contributed by atoms with Crippen molar-refractivity contribution in [2.24, 2.45) is 0 Å². The molecule has 0 aromatic heterocycles. The van der Waals surface area contributed by atoms with Crippen molar-refractivity contribution in [3.8, 4) is 0 Å². The first-order chi connectivity index (χ1) is 8.04. The second-order valence-corrected chi connectivity index (χ2v) is 4.46. The predicted molar refractivity (Wildman–Crippen MR) is 70.7 cm³/mol. The number of aliphatic carboxylic acids is 1. The number of carboxylic acids is 1. The highest BCUT2D eigenvalue weighted by Gasteiger charge is 2.12. The van der Waals surface area contributed by atoms with Gasteiger partial charge in [-0.05, 0) is 37.5 Å². The van der Waals surface area contributed by atoms with Gasteiger partial charge < -0.3 is 10.0 Å². The molecule has 0 atom stereocenters. The van der Waals surface area contributed by atoms with E-state index in [1.807, 2.05) is 24.8 Å². The molecule has 0 saturated heterocycles. The minimum atomic E-state index is -0.776. The van der Waals surface area contributed by atoms with E-state index < -0.39 is 5.97 Å². The quantitative estimate of drug-likeness (QED) is 0.824. The molecule has 0 heterocycles. The van der Waals surface area contributed by atoms with Crippen LogP contribution in [0.1, 0.15) is 30.9 Å². The lowest BCUT2D eigenvalue weighted by Crippen LogP contribution is -2.31. The lowest BCUT2D eigenvalue weighted by molar-refractivity contribution is -0.135. The highest BCUT2D eigenvalue weighted by atomic mass is 16.4. The molecule has 0 amide bonds. The average molecular weight is 235 g/mol. The SMILES string of the molecule is CCCCN(CC(=O)O)c1cc(C)ccc1C. The fourth-order valence-corrected chi connectivity index (χ4v) is 1.86. The van der Waals surface area contributed by atoms with E-state index in [4.69, 9.17) is 5.11 Å². The van der Waals surface area contributed by atoms with Gasteiger partial charge in [0.1, 0.15) is 6.54 Å². The average Bonchev–Trinajstić information content (AvgIpc) is 2.27. The van der Waals surface area contributed by atoms with Gasteiger partial charge in [-0.15, -0.1) is 0 Å². The van der Waals surface area contributed by atoms with Crippen LogP contribution in [0.3, 0.4) is 0 Å². The topological polar surface area (TPSA) is 40.5 Å². The van der Waals surface area contributed by atoms with Gasteiger partial charge in [0.25, 0.3) is 0 Å². The number of hydrogen-bond acceptors (Lipinski definition) is 2. The monoisotopic (exact) mass is 235 g/mol. The minimum absolute atomic E-state index is 0.0737. The van der Waals surface area contributed by atoms with E-state index in [0.717, 1.165) is 36.2 Å². The highest BCUT2D eigenvalue weighted by molar-refractivity contribution is 5.74. The number of unbranched alkanes of at least 4 members (excludes halogenated alkanes) is 1. The third kappa shape index (κ3) is 4.10. The van der Waals surface area contributed by atoms with Crippen LogP contribution in [0.5, 0.6) is 0 Å². The summed E-state index contributed by atoms with van der Waals surface area (Å²) in [7, 11) is 0. The molecule has 0 unspecified atom stereocenters. The Morgan fingerprint density at radius 3 is 2.65 bits per heavy atom. The van der Waals surface area contributed by atoms with E-state index in [-0.39, 0.29) is 6.54 Å². The van der Waals surface area contributed by atoms with Crippen LogP contribution in [-0.2, 0) is 4.79 Å². The molecule has 1 aromatic carbocycles. The predicted octanol–water partition coefficient (Wildman–Crippen LogP) is 2.99. The summed E-state index contributed by atoms with van der Waals surface area (Å²) in [6, 6.07) is 6.16. The zero-order valence-corrected chi connectivity index (χ0v) is 10.9. The lowest BCUT2D eigenvalue weighted by atomic mass is 10.1. The fraction of sp³-hybridized carbons (Fsp3) is 0.500. The van der Waals surface area contributed by atoms with Crippen LogP contribution in [0.2, 0.25) is 0 Å². The first-order valence-corrected chi connectivity index (χ1v) is 6.08. The summed E-state index contributed by atoms with van der Waals surface area (Å²) in [4.78, 5) is 12.9. The number of rotatable bonds is 6. The second kappa shape index (κ2) is 6.28. The van der Waals surface area contributed by atoms with Crippen molar-refractivity contribution in [3.63, 3.8) is 0 Å². The van der Waals surface area contributed by atoms with Gasteiger partial charge in [0.05, 0.1) is 0 Å². The molecule has 0 aliphatic carbocycles. The Bertz CT molecular complexity index is 388. The van der Waals surface area contributed by atoms with Gasteiger partial charge in [-0.25, -0.2) is 0 Å². The van der Waals surface area contributed by atoms with E-state index in [1.54, 1.807) is 0 Å². The molecule has 3 nitrogen and oxygen atoms in total. The van der Waals surface area contributed by atoms with Crippen molar-refractivity contribution in [1.29, 1.82) is 0 Å². The third-order valence-electron chi connectivity index (χ3n) is 2.81. The van der Waals surface area contributed by atoms with Crippen LogP contribution in [0, 0.1) is 13.8 Å². The normalized spacial score (nSPS) is 10.3. The molecule has 0 aliphatic heterocycles. The first-order valence-electron chi connectivity index (χ1n) is 6.08. The summed E-state index contributed by atoms with van der Waals surface area (Å²) in [5.74, 6) is -0.776. The summed E-state index contributed by atoms with van der Waals surface area (Å²) in [6.45, 7) is 7.04. The van der Waals surface area contributed by atoms with Crippen molar-refractivity contribution in [3.05, 3.63) is 29.3 Å². The Balaban J connectivity index is 2.93. The van der Waals surface area contributed by atoms with Gasteiger partial charge in [-0.2, -0.15) is 0 Å². The number of anilines is 1. The van der Waals surface area contributed by atoms with Crippen molar-refractivity contribution in [2.45, 2.75) is 33.6 Å². The van der Waals surface area contributed by atoms with E-state index in [1.165, 1.54) is 0 Å². The molecule has 0 radical (unpaired) electrons. The Kier molecular flexibility index (Phi) is 5.01. The largest absolute Gasteiger partial charge is 0.480 e. The number of hydrogen-bond donors (Lipinski definition) is 1. The maximum absolute atomic E-state index is 10.9. The molecular weight excluding hydrogens is 214 g/mol. The number of nitrogens with zero attached hydrogens (tertiary/aromatic N) is 1. The van der Waals surface area contributed by atoms with Crippen molar-refractivity contribution in [2.75, 3.05) is 18.0 Å². The summed E-state index contributed by atoms with van der Waals surface area (Å²) in [5, 5.41) is 8.96. The second-order valence-electron chi connectivity index (χ2n) is 4.46. The number of benzene rings is 1. The number of aryl methyl sites for hydroxylation is 2. The molecule has 1 rings (SSSR count). The zero-order chi connectivity index (χ0) is 12.8. The molecule has 0 fully saturated rings. The van der Waals surface area contributed by atoms with Crippen LogP contribution in [0.25, 0.3) is 0 Å². The van der Waals surface area contributed by atoms with Crippen molar-refractivity contribution < 1.29 is 9.90 Å². The maximum atomic E-state index is 10.9. The van der Waals surface area contributed by atoms with Gasteiger partial charge in [0.15, 0.2) is 0 Å². The molecule has 1 aromatic rings. The molecular formula is C14H21NO2. The van der Waals surface area contributed by atoms with Gasteiger partial charge in [-0.3, -0.25) is 4.79 Å². The lowest BCUT2D eigenvalue weighted by Gasteiger charge is -2.25. The van der Waals surface area contributed by atoms with Crippen molar-refractivity contribution in [1.82, 2.24) is 0 Å². The third-order valence-corrected chi connectivity index (χ3v) is 2.81. The number of carbonyl (C=O) groups is 1. The molecule has 94 valence electrons. The van der Waals surface area contributed by atoms with Crippen LogP contribution >= 0.6 is 0 Å².